The van der Waals surface area contributed by atoms with E-state index >= 15 is 0 Å². The van der Waals surface area contributed by atoms with Gasteiger partial charge < -0.3 is 15.6 Å². The second-order valence-electron chi connectivity index (χ2n) is 6.21. The van der Waals surface area contributed by atoms with Gasteiger partial charge in [-0.25, -0.2) is 0 Å². The molecular weight excluding hydrogens is 285 g/mol. The van der Waals surface area contributed by atoms with Crippen LogP contribution in [0.2, 0.25) is 0 Å². The van der Waals surface area contributed by atoms with E-state index in [4.69, 9.17) is 5.73 Å². The summed E-state index contributed by atoms with van der Waals surface area (Å²) in [5.74, 6) is -0.908. The maximum Gasteiger partial charge on any atom is 1.00 e. The van der Waals surface area contributed by atoms with Gasteiger partial charge >= 0.3 is 29.6 Å². The molecule has 0 aromatic carbocycles. The average molecular weight is 321 g/mol. The fraction of sp³-hybridized carbons (Fsp3) is 0.944. The van der Waals surface area contributed by atoms with Gasteiger partial charge in [-0.2, -0.15) is 0 Å². The van der Waals surface area contributed by atoms with Crippen LogP contribution in [-0.2, 0) is 4.79 Å². The molecule has 0 unspecified atom stereocenters. The maximum absolute atomic E-state index is 10.2. The fourth-order valence-corrected chi connectivity index (χ4v) is 2.71. The Balaban J connectivity index is 0. The topological polar surface area (TPSA) is 66.2 Å². The summed E-state index contributed by atoms with van der Waals surface area (Å²) in [5, 5.41) is 10.2. The number of unbranched alkanes of at least 4 members (excludes halogenated alkanes) is 14. The minimum Gasteiger partial charge on any atom is -0.550 e. The van der Waals surface area contributed by atoms with Crippen LogP contribution in [0.1, 0.15) is 103 Å². The first-order valence-electron chi connectivity index (χ1n) is 9.17. The summed E-state index contributed by atoms with van der Waals surface area (Å²) >= 11 is 0. The molecule has 0 aliphatic rings. The van der Waals surface area contributed by atoms with Gasteiger partial charge in [0.2, 0.25) is 0 Å². The summed E-state index contributed by atoms with van der Waals surface area (Å²) in [6, 6.07) is 0. The Morgan fingerprint density at radius 2 is 0.864 bits per heavy atom. The van der Waals surface area contributed by atoms with E-state index in [0.29, 0.717) is 0 Å². The molecule has 2 N–H and O–H groups in total. The summed E-state index contributed by atoms with van der Waals surface area (Å²) in [4.78, 5) is 10.2. The molecule has 126 valence electrons. The van der Waals surface area contributed by atoms with E-state index < -0.39 is 5.97 Å². The van der Waals surface area contributed by atoms with E-state index in [-0.39, 0.29) is 36.0 Å². The number of carboxylic acids is 1. The number of nitrogens with two attached hydrogens (primary N) is 1. The van der Waals surface area contributed by atoms with E-state index in [1.165, 1.54) is 83.5 Å². The molecule has 0 amide bonds. The van der Waals surface area contributed by atoms with Crippen LogP contribution < -0.4 is 40.4 Å². The van der Waals surface area contributed by atoms with E-state index in [1.807, 2.05) is 0 Å². The van der Waals surface area contributed by atoms with Crippen molar-refractivity contribution in [1.29, 1.82) is 0 Å². The molecule has 0 bridgehead atoms. The van der Waals surface area contributed by atoms with Crippen LogP contribution in [0.5, 0.6) is 0 Å². The molecule has 0 radical (unpaired) electrons. The molecule has 0 atom stereocenters. The Morgan fingerprint density at radius 3 is 1.14 bits per heavy atom. The van der Waals surface area contributed by atoms with Gasteiger partial charge in [0.25, 0.3) is 0 Å². The van der Waals surface area contributed by atoms with E-state index in [9.17, 15) is 9.90 Å². The number of aliphatic carboxylic acids is 1. The van der Waals surface area contributed by atoms with Gasteiger partial charge in [0.1, 0.15) is 0 Å². The van der Waals surface area contributed by atoms with Gasteiger partial charge in [-0.1, -0.05) is 83.5 Å². The standard InChI is InChI=1S/C18H37NO2.Na/c19-17-15-13-11-9-7-5-3-1-2-4-6-8-10-12-14-16-18(20)21;/h1-17,19H2,(H,20,21);/q;+1/p-1. The van der Waals surface area contributed by atoms with Crippen molar-refractivity contribution in [2.45, 2.75) is 103 Å². The summed E-state index contributed by atoms with van der Waals surface area (Å²) in [7, 11) is 0. The van der Waals surface area contributed by atoms with Crippen LogP contribution in [0.25, 0.3) is 0 Å². The van der Waals surface area contributed by atoms with E-state index in [2.05, 4.69) is 0 Å². The van der Waals surface area contributed by atoms with Crippen molar-refractivity contribution in [2.75, 3.05) is 6.54 Å². The van der Waals surface area contributed by atoms with Crippen molar-refractivity contribution in [3.8, 4) is 0 Å². The number of hydrogen-bond donors (Lipinski definition) is 1. The third-order valence-corrected chi connectivity index (χ3v) is 4.09. The monoisotopic (exact) mass is 321 g/mol. The SMILES string of the molecule is NCCCCCCCCCCCCCCCCCC(=O)[O-].[Na+]. The van der Waals surface area contributed by atoms with Gasteiger partial charge in [0, 0.05) is 5.97 Å². The van der Waals surface area contributed by atoms with Crippen LogP contribution in [0.4, 0.5) is 0 Å². The van der Waals surface area contributed by atoms with Crippen LogP contribution >= 0.6 is 0 Å². The Kier molecular flexibility index (Phi) is 24.0. The van der Waals surface area contributed by atoms with Crippen molar-refractivity contribution in [3.63, 3.8) is 0 Å². The molecule has 0 rings (SSSR count). The number of carbonyl (C=O) groups is 1. The summed E-state index contributed by atoms with van der Waals surface area (Å²) < 4.78 is 0. The van der Waals surface area contributed by atoms with Gasteiger partial charge in [-0.15, -0.1) is 0 Å². The van der Waals surface area contributed by atoms with Crippen LogP contribution in [0.15, 0.2) is 0 Å². The molecule has 0 aromatic heterocycles. The molecular formula is C18H36NNaO2. The fourth-order valence-electron chi connectivity index (χ4n) is 2.71. The second-order valence-corrected chi connectivity index (χ2v) is 6.21. The van der Waals surface area contributed by atoms with E-state index in [1.54, 1.807) is 0 Å². The van der Waals surface area contributed by atoms with Crippen molar-refractivity contribution in [3.05, 3.63) is 0 Å². The summed E-state index contributed by atoms with van der Waals surface area (Å²) in [6.07, 6.45) is 19.3. The van der Waals surface area contributed by atoms with Crippen LogP contribution in [-0.4, -0.2) is 12.5 Å². The molecule has 0 aliphatic carbocycles. The summed E-state index contributed by atoms with van der Waals surface area (Å²) in [6.45, 7) is 0.844. The Bertz CT molecular complexity index is 225. The zero-order valence-electron chi connectivity index (χ0n) is 14.9. The van der Waals surface area contributed by atoms with Crippen molar-refractivity contribution >= 4 is 5.97 Å². The number of carbonyl (C=O) groups excluding carboxylic acids is 1. The van der Waals surface area contributed by atoms with Gasteiger partial charge in [0.15, 0.2) is 0 Å². The van der Waals surface area contributed by atoms with Crippen LogP contribution in [0, 0.1) is 0 Å². The smallest absolute Gasteiger partial charge is 0.550 e. The molecule has 3 nitrogen and oxygen atoms in total. The molecule has 0 aromatic rings. The first kappa shape index (κ1) is 24.7. The Labute approximate surface area is 160 Å². The number of hydrogen-bond acceptors (Lipinski definition) is 3. The Hall–Kier alpha value is 0.430. The molecule has 4 heteroatoms. The third kappa shape index (κ3) is 22.7. The van der Waals surface area contributed by atoms with E-state index in [0.717, 1.165) is 19.4 Å². The average Bonchev–Trinajstić information content (AvgIpc) is 2.46. The molecule has 0 aliphatic heterocycles. The summed E-state index contributed by atoms with van der Waals surface area (Å²) in [5.41, 5.74) is 5.47. The zero-order valence-corrected chi connectivity index (χ0v) is 16.9. The molecule has 0 saturated heterocycles. The quantitative estimate of drug-likeness (QED) is 0.320. The van der Waals surface area contributed by atoms with Crippen molar-refractivity contribution in [2.24, 2.45) is 5.73 Å². The normalized spacial score (nSPS) is 10.4. The second kappa shape index (κ2) is 21.4. The molecule has 0 spiro atoms. The molecule has 22 heavy (non-hydrogen) atoms. The molecule has 0 fully saturated rings. The molecule has 0 heterocycles. The first-order valence-corrected chi connectivity index (χ1v) is 9.17. The van der Waals surface area contributed by atoms with Crippen molar-refractivity contribution < 1.29 is 39.5 Å². The third-order valence-electron chi connectivity index (χ3n) is 4.09. The predicted molar refractivity (Wildman–Crippen MR) is 87.9 cm³/mol. The van der Waals surface area contributed by atoms with Crippen LogP contribution in [0.3, 0.4) is 0 Å². The van der Waals surface area contributed by atoms with Crippen molar-refractivity contribution in [1.82, 2.24) is 0 Å². The minimum atomic E-state index is -0.908. The number of carboxylic acid groups (broad SMARTS) is 1. The Morgan fingerprint density at radius 1 is 0.591 bits per heavy atom. The van der Waals surface area contributed by atoms with Gasteiger partial charge in [-0.05, 0) is 25.8 Å². The molecule has 0 saturated carbocycles. The number of rotatable bonds is 17. The van der Waals surface area contributed by atoms with Gasteiger partial charge in [-0.3, -0.25) is 0 Å². The largest absolute Gasteiger partial charge is 1.00 e. The zero-order chi connectivity index (χ0) is 15.6. The van der Waals surface area contributed by atoms with Gasteiger partial charge in [0.05, 0.1) is 0 Å². The maximum atomic E-state index is 10.2. The first-order chi connectivity index (χ1) is 10.3. The minimum absolute atomic E-state index is 0. The predicted octanol–water partition coefficient (Wildman–Crippen LogP) is 0.941.